The Hall–Kier alpha value is -2.40. The molecule has 1 N–H and O–H groups in total. The fraction of sp³-hybridized carbons (Fsp3) is 0. The zero-order valence-corrected chi connectivity index (χ0v) is 10.8. The van der Waals surface area contributed by atoms with Crippen molar-refractivity contribution in [3.8, 4) is 16.3 Å². The van der Waals surface area contributed by atoms with Gasteiger partial charge in [0.1, 0.15) is 0 Å². The molecule has 3 heterocycles. The van der Waals surface area contributed by atoms with Gasteiger partial charge in [-0.25, -0.2) is 4.68 Å². The molecule has 0 saturated carbocycles. The Morgan fingerprint density at radius 1 is 1.16 bits per heavy atom. The third kappa shape index (κ3) is 1.67. The van der Waals surface area contributed by atoms with Crippen LogP contribution in [0.2, 0.25) is 0 Å². The summed E-state index contributed by atoms with van der Waals surface area (Å²) >= 11 is 1.71. The molecule has 0 bridgehead atoms. The molecule has 0 atom stereocenters. The lowest BCUT2D eigenvalue weighted by molar-refractivity contribution is 0.891. The van der Waals surface area contributed by atoms with Crippen molar-refractivity contribution in [2.24, 2.45) is 0 Å². The first-order chi connectivity index (χ1) is 9.42. The second-order valence-corrected chi connectivity index (χ2v) is 5.19. The lowest BCUT2D eigenvalue weighted by atomic mass is 10.2. The van der Waals surface area contributed by atoms with Gasteiger partial charge in [0.05, 0.1) is 34.2 Å². The molecule has 0 aliphatic heterocycles. The van der Waals surface area contributed by atoms with Crippen LogP contribution in [0.3, 0.4) is 0 Å². The zero-order chi connectivity index (χ0) is 12.7. The van der Waals surface area contributed by atoms with E-state index in [1.54, 1.807) is 11.3 Å². The maximum atomic E-state index is 4.42. The molecular weight excluding hydrogens is 256 g/mol. The predicted octanol–water partition coefficient (Wildman–Crippen LogP) is 3.48. The van der Waals surface area contributed by atoms with Crippen LogP contribution in [0, 0.1) is 0 Å². The molecule has 5 heteroatoms. The highest BCUT2D eigenvalue weighted by atomic mass is 32.1. The van der Waals surface area contributed by atoms with E-state index in [0.29, 0.717) is 0 Å². The molecule has 4 rings (SSSR count). The van der Waals surface area contributed by atoms with Gasteiger partial charge in [-0.3, -0.25) is 5.10 Å². The van der Waals surface area contributed by atoms with Crippen molar-refractivity contribution in [2.45, 2.75) is 0 Å². The molecule has 0 spiro atoms. The number of hydrogen-bond acceptors (Lipinski definition) is 3. The van der Waals surface area contributed by atoms with Crippen molar-refractivity contribution in [1.82, 2.24) is 20.0 Å². The molecular formula is C14H10N4S. The molecule has 92 valence electrons. The number of hydrogen-bond donors (Lipinski definition) is 1. The fourth-order valence-corrected chi connectivity index (χ4v) is 2.91. The summed E-state index contributed by atoms with van der Waals surface area (Å²) in [5.74, 6) is 0. The largest absolute Gasteiger partial charge is 0.278 e. The van der Waals surface area contributed by atoms with Crippen molar-refractivity contribution >= 4 is 22.2 Å². The molecule has 0 saturated heterocycles. The van der Waals surface area contributed by atoms with Gasteiger partial charge in [0.2, 0.25) is 0 Å². The van der Waals surface area contributed by atoms with E-state index in [-0.39, 0.29) is 0 Å². The molecule has 0 amide bonds. The number of H-pyrrole nitrogens is 1. The Morgan fingerprint density at radius 3 is 3.05 bits per heavy atom. The molecule has 0 unspecified atom stereocenters. The Bertz CT molecular complexity index is 826. The van der Waals surface area contributed by atoms with E-state index in [9.17, 15) is 0 Å². The number of benzene rings is 1. The first kappa shape index (κ1) is 10.5. The van der Waals surface area contributed by atoms with Crippen LogP contribution in [0.25, 0.3) is 27.2 Å². The van der Waals surface area contributed by atoms with Crippen LogP contribution in [0.4, 0.5) is 0 Å². The van der Waals surface area contributed by atoms with Gasteiger partial charge in [-0.2, -0.15) is 10.2 Å². The van der Waals surface area contributed by atoms with Crippen molar-refractivity contribution in [1.29, 1.82) is 0 Å². The van der Waals surface area contributed by atoms with E-state index in [4.69, 9.17) is 0 Å². The Balaban J connectivity index is 1.90. The van der Waals surface area contributed by atoms with Gasteiger partial charge in [-0.15, -0.1) is 11.3 Å². The second kappa shape index (κ2) is 4.07. The topological polar surface area (TPSA) is 46.5 Å². The molecule has 4 aromatic rings. The third-order valence-electron chi connectivity index (χ3n) is 3.09. The van der Waals surface area contributed by atoms with E-state index >= 15 is 0 Å². The SMILES string of the molecule is c1csc(-c2ccnn2-c2ccc3cn[nH]c3c2)c1. The molecule has 4 nitrogen and oxygen atoms in total. The van der Waals surface area contributed by atoms with Crippen LogP contribution in [-0.4, -0.2) is 20.0 Å². The number of fused-ring (bicyclic) bond motifs is 1. The minimum atomic E-state index is 1.02. The average Bonchev–Trinajstić information content (AvgIpc) is 3.18. The van der Waals surface area contributed by atoms with Crippen LogP contribution in [0.1, 0.15) is 0 Å². The summed E-state index contributed by atoms with van der Waals surface area (Å²) in [5, 5.41) is 14.6. The van der Waals surface area contributed by atoms with Gasteiger partial charge in [-0.05, 0) is 35.7 Å². The molecule has 0 aliphatic carbocycles. The molecule has 0 fully saturated rings. The highest BCUT2D eigenvalue weighted by Gasteiger charge is 2.09. The van der Waals surface area contributed by atoms with Gasteiger partial charge in [-0.1, -0.05) is 6.07 Å². The number of aromatic amines is 1. The minimum absolute atomic E-state index is 1.02. The number of rotatable bonds is 2. The number of nitrogens with one attached hydrogen (secondary N) is 1. The van der Waals surface area contributed by atoms with E-state index in [2.05, 4.69) is 44.9 Å². The highest BCUT2D eigenvalue weighted by molar-refractivity contribution is 7.13. The average molecular weight is 266 g/mol. The van der Waals surface area contributed by atoms with Crippen LogP contribution < -0.4 is 0 Å². The lowest BCUT2D eigenvalue weighted by Crippen LogP contribution is -1.97. The van der Waals surface area contributed by atoms with Crippen molar-refractivity contribution in [2.75, 3.05) is 0 Å². The van der Waals surface area contributed by atoms with Crippen LogP contribution >= 0.6 is 11.3 Å². The summed E-state index contributed by atoms with van der Waals surface area (Å²) < 4.78 is 1.95. The van der Waals surface area contributed by atoms with Crippen LogP contribution in [0.5, 0.6) is 0 Å². The Labute approximate surface area is 113 Å². The van der Waals surface area contributed by atoms with Crippen molar-refractivity contribution in [3.05, 3.63) is 54.2 Å². The maximum Gasteiger partial charge on any atom is 0.0840 e. The monoisotopic (exact) mass is 266 g/mol. The lowest BCUT2D eigenvalue weighted by Gasteiger charge is -2.06. The smallest absolute Gasteiger partial charge is 0.0840 e. The third-order valence-corrected chi connectivity index (χ3v) is 3.98. The summed E-state index contributed by atoms with van der Waals surface area (Å²) in [6, 6.07) is 12.4. The molecule has 3 aromatic heterocycles. The second-order valence-electron chi connectivity index (χ2n) is 4.25. The summed E-state index contributed by atoms with van der Waals surface area (Å²) in [6.45, 7) is 0. The van der Waals surface area contributed by atoms with E-state index in [1.807, 2.05) is 29.2 Å². The first-order valence-corrected chi connectivity index (χ1v) is 6.81. The van der Waals surface area contributed by atoms with E-state index in [1.165, 1.54) is 4.88 Å². The molecule has 0 aliphatic rings. The number of aromatic nitrogens is 4. The molecule has 1 aromatic carbocycles. The van der Waals surface area contributed by atoms with Gasteiger partial charge in [0, 0.05) is 5.39 Å². The fourth-order valence-electron chi connectivity index (χ4n) is 2.18. The van der Waals surface area contributed by atoms with Gasteiger partial charge in [0.25, 0.3) is 0 Å². The summed E-state index contributed by atoms with van der Waals surface area (Å²) in [7, 11) is 0. The highest BCUT2D eigenvalue weighted by Crippen LogP contribution is 2.27. The predicted molar refractivity (Wildman–Crippen MR) is 76.5 cm³/mol. The van der Waals surface area contributed by atoms with E-state index in [0.717, 1.165) is 22.3 Å². The molecule has 0 radical (unpaired) electrons. The normalized spacial score (nSPS) is 11.2. The minimum Gasteiger partial charge on any atom is -0.278 e. The van der Waals surface area contributed by atoms with Crippen LogP contribution in [-0.2, 0) is 0 Å². The van der Waals surface area contributed by atoms with Gasteiger partial charge in [0.15, 0.2) is 0 Å². The summed E-state index contributed by atoms with van der Waals surface area (Å²) in [4.78, 5) is 1.21. The maximum absolute atomic E-state index is 4.42. The van der Waals surface area contributed by atoms with Crippen molar-refractivity contribution < 1.29 is 0 Å². The van der Waals surface area contributed by atoms with E-state index < -0.39 is 0 Å². The Morgan fingerprint density at radius 2 is 2.16 bits per heavy atom. The first-order valence-electron chi connectivity index (χ1n) is 5.93. The quantitative estimate of drug-likeness (QED) is 0.604. The van der Waals surface area contributed by atoms with Crippen molar-refractivity contribution in [3.63, 3.8) is 0 Å². The summed E-state index contributed by atoms with van der Waals surface area (Å²) in [5.41, 5.74) is 3.16. The Kier molecular flexibility index (Phi) is 2.25. The van der Waals surface area contributed by atoms with Crippen LogP contribution in [0.15, 0.2) is 54.2 Å². The van der Waals surface area contributed by atoms with Gasteiger partial charge >= 0.3 is 0 Å². The van der Waals surface area contributed by atoms with Gasteiger partial charge < -0.3 is 0 Å². The number of thiophene rings is 1. The summed E-state index contributed by atoms with van der Waals surface area (Å²) in [6.07, 6.45) is 3.65. The zero-order valence-electron chi connectivity index (χ0n) is 9.95. The molecule has 19 heavy (non-hydrogen) atoms. The standard InChI is InChI=1S/C14H10N4S/c1-2-14(19-7-1)13-5-6-16-18(13)11-4-3-10-9-15-17-12(10)8-11/h1-9H,(H,15,17). The number of nitrogens with zero attached hydrogens (tertiary/aromatic N) is 3.